The Morgan fingerprint density at radius 2 is 1.75 bits per heavy atom. The van der Waals surface area contributed by atoms with E-state index in [9.17, 15) is 0 Å². The summed E-state index contributed by atoms with van der Waals surface area (Å²) in [6.07, 6.45) is 4.90. The number of rotatable bonds is 2. The van der Waals surface area contributed by atoms with Crippen molar-refractivity contribution in [2.75, 3.05) is 0 Å². The van der Waals surface area contributed by atoms with Crippen LogP contribution in [-0.4, -0.2) is 0 Å². The third kappa shape index (κ3) is 6.00. The summed E-state index contributed by atoms with van der Waals surface area (Å²) in [5.41, 5.74) is 0.427. The van der Waals surface area contributed by atoms with Gasteiger partial charge in [0, 0.05) is 0 Å². The quantitative estimate of drug-likeness (QED) is 0.483. The van der Waals surface area contributed by atoms with Gasteiger partial charge < -0.3 is 6.42 Å². The minimum atomic E-state index is 0.427. The van der Waals surface area contributed by atoms with Crippen molar-refractivity contribution >= 4 is 0 Å². The summed E-state index contributed by atoms with van der Waals surface area (Å²) < 4.78 is 0. The lowest BCUT2D eigenvalue weighted by atomic mass is 9.90. The molecule has 0 aliphatic rings. The molecule has 0 nitrogen and oxygen atoms in total. The van der Waals surface area contributed by atoms with Gasteiger partial charge in [-0.15, -0.1) is 0 Å². The van der Waals surface area contributed by atoms with Crippen molar-refractivity contribution in [2.45, 2.75) is 40.5 Å². The van der Waals surface area contributed by atoms with E-state index >= 15 is 0 Å². The van der Waals surface area contributed by atoms with Crippen LogP contribution in [0.3, 0.4) is 0 Å². The minimum Gasteiger partial charge on any atom is -0.323 e. The maximum atomic E-state index is 2.37. The Labute approximate surface area is 53.3 Å². The van der Waals surface area contributed by atoms with Gasteiger partial charge in [0.25, 0.3) is 0 Å². The fraction of sp³-hybridized carbons (Fsp3) is 0.875. The molecule has 0 aliphatic heterocycles. The zero-order valence-electron chi connectivity index (χ0n) is 6.49. The molecule has 0 fully saturated rings. The van der Waals surface area contributed by atoms with Crippen molar-refractivity contribution in [1.82, 2.24) is 0 Å². The lowest BCUT2D eigenvalue weighted by Gasteiger charge is -2.29. The topological polar surface area (TPSA) is 0 Å². The predicted molar refractivity (Wildman–Crippen MR) is 38.7 cm³/mol. The van der Waals surface area contributed by atoms with Crippen LogP contribution in [0, 0.1) is 11.8 Å². The van der Waals surface area contributed by atoms with Gasteiger partial charge in [0.2, 0.25) is 0 Å². The molecule has 0 aliphatic carbocycles. The second-order valence-electron chi connectivity index (χ2n) is 3.36. The first kappa shape index (κ1) is 8.00. The fourth-order valence-electron chi connectivity index (χ4n) is 0.577. The second-order valence-corrected chi connectivity index (χ2v) is 3.36. The van der Waals surface area contributed by atoms with E-state index in [4.69, 9.17) is 0 Å². The van der Waals surface area contributed by atoms with Crippen molar-refractivity contribution < 1.29 is 0 Å². The molecule has 0 saturated heterocycles. The summed E-state index contributed by atoms with van der Waals surface area (Å²) in [6.45, 7) is 8.93. The van der Waals surface area contributed by atoms with Gasteiger partial charge in [-0.2, -0.15) is 11.8 Å². The van der Waals surface area contributed by atoms with Crippen LogP contribution in [0.2, 0.25) is 0 Å². The molecule has 0 unspecified atom stereocenters. The van der Waals surface area contributed by atoms with Crippen molar-refractivity contribution in [1.29, 1.82) is 0 Å². The predicted octanol–water partition coefficient (Wildman–Crippen LogP) is 3.04. The monoisotopic (exact) mass is 113 g/mol. The number of hydrogen-bond donors (Lipinski definition) is 0. The fourth-order valence-corrected chi connectivity index (χ4v) is 0.577. The molecule has 0 aromatic heterocycles. The lowest BCUT2D eigenvalue weighted by molar-refractivity contribution is 0.471. The molecule has 0 aromatic carbocycles. The highest BCUT2D eigenvalue weighted by Crippen LogP contribution is 2.19. The first-order valence-electron chi connectivity index (χ1n) is 3.40. The van der Waals surface area contributed by atoms with Gasteiger partial charge in [-0.1, -0.05) is 34.1 Å². The molecule has 0 saturated carbocycles. The summed E-state index contributed by atoms with van der Waals surface area (Å²) >= 11 is 0. The summed E-state index contributed by atoms with van der Waals surface area (Å²) in [5, 5.41) is 0. The van der Waals surface area contributed by atoms with Crippen molar-refractivity contribution in [2.24, 2.45) is 5.41 Å². The molecular formula is C8H17-. The lowest BCUT2D eigenvalue weighted by Crippen LogP contribution is -2.04. The highest BCUT2D eigenvalue weighted by molar-refractivity contribution is 4.79. The first-order valence-corrected chi connectivity index (χ1v) is 3.40. The van der Waals surface area contributed by atoms with E-state index in [1.54, 1.807) is 0 Å². The van der Waals surface area contributed by atoms with Crippen LogP contribution < -0.4 is 0 Å². The third-order valence-corrected chi connectivity index (χ3v) is 1.05. The maximum absolute atomic E-state index is 2.37. The van der Waals surface area contributed by atoms with Gasteiger partial charge in [0.05, 0.1) is 0 Å². The van der Waals surface area contributed by atoms with Gasteiger partial charge >= 0.3 is 0 Å². The highest BCUT2D eigenvalue weighted by atomic mass is 14.1. The van der Waals surface area contributed by atoms with E-state index in [2.05, 4.69) is 34.1 Å². The van der Waals surface area contributed by atoms with E-state index in [-0.39, 0.29) is 0 Å². The van der Waals surface area contributed by atoms with Gasteiger partial charge in [-0.05, 0) is 0 Å². The average Bonchev–Trinajstić information content (AvgIpc) is 1.59. The van der Waals surface area contributed by atoms with Crippen molar-refractivity contribution in [3.63, 3.8) is 0 Å². The maximum Gasteiger partial charge on any atom is -0.0678 e. The van der Waals surface area contributed by atoms with Crippen LogP contribution in [0.25, 0.3) is 0 Å². The molecule has 0 aromatic rings. The molecule has 0 spiro atoms. The van der Waals surface area contributed by atoms with Gasteiger partial charge in [0.15, 0.2) is 0 Å². The third-order valence-electron chi connectivity index (χ3n) is 1.05. The summed E-state index contributed by atoms with van der Waals surface area (Å²) in [5.74, 6) is 0. The Bertz CT molecular complexity index is 47.5. The van der Waals surface area contributed by atoms with Crippen LogP contribution >= 0.6 is 0 Å². The van der Waals surface area contributed by atoms with Crippen LogP contribution in [0.4, 0.5) is 0 Å². The number of hydrogen-bond acceptors (Lipinski definition) is 0. The van der Waals surface area contributed by atoms with E-state index in [1.807, 2.05) is 0 Å². The SMILES string of the molecule is CCC[CH-]C(C)(C)C. The molecule has 0 N–H and O–H groups in total. The molecule has 8 heavy (non-hydrogen) atoms. The minimum absolute atomic E-state index is 0.427. The van der Waals surface area contributed by atoms with Crippen LogP contribution in [-0.2, 0) is 0 Å². The van der Waals surface area contributed by atoms with E-state index in [0.717, 1.165) is 0 Å². The molecule has 0 heterocycles. The number of unbranched alkanes of at least 4 members (excludes halogenated alkanes) is 1. The molecule has 0 rings (SSSR count). The van der Waals surface area contributed by atoms with Crippen LogP contribution in [0.1, 0.15) is 40.5 Å². The molecule has 50 valence electrons. The van der Waals surface area contributed by atoms with E-state index in [0.29, 0.717) is 5.41 Å². The largest absolute Gasteiger partial charge is 0.323 e. The van der Waals surface area contributed by atoms with Crippen molar-refractivity contribution in [3.8, 4) is 0 Å². The summed E-state index contributed by atoms with van der Waals surface area (Å²) in [6, 6.07) is 0. The smallest absolute Gasteiger partial charge is 0.0678 e. The highest BCUT2D eigenvalue weighted by Gasteiger charge is 1.95. The Morgan fingerprint density at radius 3 is 1.88 bits per heavy atom. The second kappa shape index (κ2) is 3.11. The van der Waals surface area contributed by atoms with Gasteiger partial charge in [-0.3, -0.25) is 0 Å². The van der Waals surface area contributed by atoms with E-state index < -0.39 is 0 Å². The van der Waals surface area contributed by atoms with Crippen molar-refractivity contribution in [3.05, 3.63) is 6.42 Å². The van der Waals surface area contributed by atoms with Crippen LogP contribution in [0.5, 0.6) is 0 Å². The summed E-state index contributed by atoms with van der Waals surface area (Å²) in [7, 11) is 0. The Morgan fingerprint density at radius 1 is 1.25 bits per heavy atom. The first-order chi connectivity index (χ1) is 3.56. The summed E-state index contributed by atoms with van der Waals surface area (Å²) in [4.78, 5) is 0. The Hall–Kier alpha value is 0. The zero-order valence-corrected chi connectivity index (χ0v) is 6.49. The molecule has 0 atom stereocenters. The molecular weight excluding hydrogens is 96.1 g/mol. The van der Waals surface area contributed by atoms with Gasteiger partial charge in [-0.25, -0.2) is 0 Å². The Kier molecular flexibility index (Phi) is 3.11. The molecule has 0 amide bonds. The zero-order chi connectivity index (χ0) is 6.62. The normalized spacial score (nSPS) is 12.0. The Balaban J connectivity index is 3.11. The molecule has 0 bridgehead atoms. The van der Waals surface area contributed by atoms with Crippen LogP contribution in [0.15, 0.2) is 0 Å². The average molecular weight is 113 g/mol. The van der Waals surface area contributed by atoms with Gasteiger partial charge in [0.1, 0.15) is 0 Å². The molecule has 0 heteroatoms. The van der Waals surface area contributed by atoms with E-state index in [1.165, 1.54) is 12.8 Å². The molecule has 0 radical (unpaired) electrons. The standard InChI is InChI=1S/C8H17/c1-5-6-7-8(2,3)4/h7H,5-6H2,1-4H3/q-1.